The third kappa shape index (κ3) is 1.66. The largest absolute Gasteiger partial charge is 0.478 e. The zero-order chi connectivity index (χ0) is 11.7. The van der Waals surface area contributed by atoms with Crippen LogP contribution in [0.15, 0.2) is 18.2 Å². The van der Waals surface area contributed by atoms with Crippen molar-refractivity contribution in [1.82, 2.24) is 9.55 Å². The smallest absolute Gasteiger partial charge is 0.335 e. The molecule has 0 bridgehead atoms. The van der Waals surface area contributed by atoms with E-state index in [0.29, 0.717) is 0 Å². The lowest BCUT2D eigenvalue weighted by atomic mass is 10.2. The van der Waals surface area contributed by atoms with Crippen LogP contribution in [0.3, 0.4) is 0 Å². The predicted molar refractivity (Wildman–Crippen MR) is 61.7 cm³/mol. The molecule has 0 saturated heterocycles. The van der Waals surface area contributed by atoms with Gasteiger partial charge in [0.25, 0.3) is 0 Å². The van der Waals surface area contributed by atoms with Crippen molar-refractivity contribution in [3.05, 3.63) is 29.6 Å². The van der Waals surface area contributed by atoms with Gasteiger partial charge in [0.05, 0.1) is 16.6 Å². The molecule has 4 nitrogen and oxygen atoms in total. The summed E-state index contributed by atoms with van der Waals surface area (Å²) in [7, 11) is 1.96. The van der Waals surface area contributed by atoms with Gasteiger partial charge in [-0.2, -0.15) is 0 Å². The second kappa shape index (κ2) is 3.96. The number of rotatable bonds is 3. The highest BCUT2D eigenvalue weighted by Gasteiger charge is 2.09. The van der Waals surface area contributed by atoms with Crippen LogP contribution in [0, 0.1) is 0 Å². The quantitative estimate of drug-likeness (QED) is 0.859. The molecule has 0 unspecified atom stereocenters. The summed E-state index contributed by atoms with van der Waals surface area (Å²) >= 11 is 0. The van der Waals surface area contributed by atoms with Crippen LogP contribution in [0.1, 0.15) is 29.5 Å². The first-order valence-corrected chi connectivity index (χ1v) is 5.32. The number of carboxylic acid groups (broad SMARTS) is 1. The Kier molecular flexibility index (Phi) is 2.64. The van der Waals surface area contributed by atoms with Crippen LogP contribution in [-0.2, 0) is 13.5 Å². The molecule has 0 saturated carbocycles. The normalized spacial score (nSPS) is 10.9. The molecule has 0 aliphatic carbocycles. The van der Waals surface area contributed by atoms with Gasteiger partial charge in [-0.25, -0.2) is 9.78 Å². The van der Waals surface area contributed by atoms with Gasteiger partial charge in [0.1, 0.15) is 5.82 Å². The number of carboxylic acids is 1. The zero-order valence-electron chi connectivity index (χ0n) is 9.40. The lowest BCUT2D eigenvalue weighted by Crippen LogP contribution is -1.97. The van der Waals surface area contributed by atoms with Crippen molar-refractivity contribution in [2.24, 2.45) is 7.05 Å². The van der Waals surface area contributed by atoms with Crippen LogP contribution < -0.4 is 0 Å². The summed E-state index contributed by atoms with van der Waals surface area (Å²) in [6.45, 7) is 2.10. The molecule has 2 aromatic rings. The number of fused-ring (bicyclic) bond motifs is 1. The Balaban J connectivity index is 2.58. The van der Waals surface area contributed by atoms with Crippen molar-refractivity contribution in [1.29, 1.82) is 0 Å². The summed E-state index contributed by atoms with van der Waals surface area (Å²) in [5.74, 6) is 0.0876. The molecule has 0 spiro atoms. The van der Waals surface area contributed by atoms with Crippen LogP contribution in [0.4, 0.5) is 0 Å². The number of aromatic carboxylic acids is 1. The highest BCUT2D eigenvalue weighted by Crippen LogP contribution is 2.17. The van der Waals surface area contributed by atoms with Crippen LogP contribution in [0.5, 0.6) is 0 Å². The highest BCUT2D eigenvalue weighted by molar-refractivity contribution is 5.92. The molecular formula is C12H14N2O2. The number of aryl methyl sites for hydroxylation is 2. The first-order valence-electron chi connectivity index (χ1n) is 5.32. The Hall–Kier alpha value is -1.84. The van der Waals surface area contributed by atoms with Gasteiger partial charge in [-0.05, 0) is 24.6 Å². The minimum atomic E-state index is -0.912. The van der Waals surface area contributed by atoms with E-state index in [0.717, 1.165) is 29.7 Å². The maximum atomic E-state index is 10.8. The molecule has 2 rings (SSSR count). The number of hydrogen-bond donors (Lipinski definition) is 1. The van der Waals surface area contributed by atoms with Crippen molar-refractivity contribution < 1.29 is 9.90 Å². The maximum absolute atomic E-state index is 10.8. The van der Waals surface area contributed by atoms with Gasteiger partial charge >= 0.3 is 5.97 Å². The van der Waals surface area contributed by atoms with Crippen molar-refractivity contribution in [3.63, 3.8) is 0 Å². The SMILES string of the molecule is CCCc1nc2cc(C(=O)O)ccc2n1C. The van der Waals surface area contributed by atoms with E-state index in [-0.39, 0.29) is 5.56 Å². The molecule has 16 heavy (non-hydrogen) atoms. The summed E-state index contributed by atoms with van der Waals surface area (Å²) in [5, 5.41) is 8.89. The number of hydrogen-bond acceptors (Lipinski definition) is 2. The Bertz CT molecular complexity index is 543. The molecule has 0 atom stereocenters. The number of carbonyl (C=O) groups is 1. The fourth-order valence-electron chi connectivity index (χ4n) is 1.83. The van der Waals surface area contributed by atoms with Crippen molar-refractivity contribution in [2.75, 3.05) is 0 Å². The topological polar surface area (TPSA) is 55.1 Å². The van der Waals surface area contributed by atoms with Gasteiger partial charge in [0.2, 0.25) is 0 Å². The van der Waals surface area contributed by atoms with E-state index in [1.165, 1.54) is 0 Å². The van der Waals surface area contributed by atoms with Crippen LogP contribution in [-0.4, -0.2) is 20.6 Å². The second-order valence-corrected chi connectivity index (χ2v) is 3.85. The molecule has 1 heterocycles. The first kappa shape index (κ1) is 10.7. The monoisotopic (exact) mass is 218 g/mol. The molecule has 0 fully saturated rings. The summed E-state index contributed by atoms with van der Waals surface area (Å²) in [6.07, 6.45) is 1.94. The Morgan fingerprint density at radius 2 is 2.25 bits per heavy atom. The fraction of sp³-hybridized carbons (Fsp3) is 0.333. The summed E-state index contributed by atoms with van der Waals surface area (Å²) < 4.78 is 2.02. The molecule has 4 heteroatoms. The summed E-state index contributed by atoms with van der Waals surface area (Å²) in [5.41, 5.74) is 2.02. The van der Waals surface area contributed by atoms with E-state index in [9.17, 15) is 4.79 Å². The average Bonchev–Trinajstić information content (AvgIpc) is 2.56. The van der Waals surface area contributed by atoms with Gasteiger partial charge < -0.3 is 9.67 Å². The van der Waals surface area contributed by atoms with E-state index in [1.54, 1.807) is 12.1 Å². The van der Waals surface area contributed by atoms with Crippen molar-refractivity contribution >= 4 is 17.0 Å². The van der Waals surface area contributed by atoms with Crippen LogP contribution in [0.2, 0.25) is 0 Å². The molecule has 0 amide bonds. The Morgan fingerprint density at radius 1 is 1.50 bits per heavy atom. The third-order valence-corrected chi connectivity index (χ3v) is 2.69. The molecule has 0 aliphatic heterocycles. The predicted octanol–water partition coefficient (Wildman–Crippen LogP) is 2.22. The number of nitrogens with zero attached hydrogens (tertiary/aromatic N) is 2. The lowest BCUT2D eigenvalue weighted by Gasteiger charge is -1.99. The van der Waals surface area contributed by atoms with Gasteiger partial charge in [0, 0.05) is 13.5 Å². The second-order valence-electron chi connectivity index (χ2n) is 3.85. The Morgan fingerprint density at radius 3 is 2.88 bits per heavy atom. The van der Waals surface area contributed by atoms with E-state index in [4.69, 9.17) is 5.11 Å². The molecule has 84 valence electrons. The molecule has 1 N–H and O–H groups in total. The van der Waals surface area contributed by atoms with E-state index < -0.39 is 5.97 Å². The van der Waals surface area contributed by atoms with Crippen molar-refractivity contribution in [3.8, 4) is 0 Å². The lowest BCUT2D eigenvalue weighted by molar-refractivity contribution is 0.0697. The molecular weight excluding hydrogens is 204 g/mol. The zero-order valence-corrected chi connectivity index (χ0v) is 9.40. The number of benzene rings is 1. The Labute approximate surface area is 93.5 Å². The highest BCUT2D eigenvalue weighted by atomic mass is 16.4. The molecule has 1 aromatic heterocycles. The van der Waals surface area contributed by atoms with E-state index in [2.05, 4.69) is 11.9 Å². The van der Waals surface area contributed by atoms with Gasteiger partial charge in [-0.1, -0.05) is 6.92 Å². The molecule has 0 radical (unpaired) electrons. The number of aromatic nitrogens is 2. The third-order valence-electron chi connectivity index (χ3n) is 2.69. The van der Waals surface area contributed by atoms with Gasteiger partial charge in [-0.15, -0.1) is 0 Å². The summed E-state index contributed by atoms with van der Waals surface area (Å²) in [4.78, 5) is 15.3. The minimum absolute atomic E-state index is 0.286. The van der Waals surface area contributed by atoms with E-state index >= 15 is 0 Å². The van der Waals surface area contributed by atoms with Gasteiger partial charge in [-0.3, -0.25) is 0 Å². The van der Waals surface area contributed by atoms with E-state index in [1.807, 2.05) is 17.7 Å². The standard InChI is InChI=1S/C12H14N2O2/c1-3-4-11-13-9-7-8(12(15)16)5-6-10(9)14(11)2/h5-7H,3-4H2,1-2H3,(H,15,16). The van der Waals surface area contributed by atoms with Crippen LogP contribution in [0.25, 0.3) is 11.0 Å². The minimum Gasteiger partial charge on any atom is -0.478 e. The molecule has 1 aromatic carbocycles. The number of imidazole rings is 1. The van der Waals surface area contributed by atoms with Crippen molar-refractivity contribution in [2.45, 2.75) is 19.8 Å². The van der Waals surface area contributed by atoms with Crippen LogP contribution >= 0.6 is 0 Å². The molecule has 0 aliphatic rings. The fourth-order valence-corrected chi connectivity index (χ4v) is 1.83. The van der Waals surface area contributed by atoms with Gasteiger partial charge in [0.15, 0.2) is 0 Å². The average molecular weight is 218 g/mol. The maximum Gasteiger partial charge on any atom is 0.335 e. The first-order chi connectivity index (χ1) is 7.63. The summed E-state index contributed by atoms with van der Waals surface area (Å²) in [6, 6.07) is 5.05.